The summed E-state index contributed by atoms with van der Waals surface area (Å²) in [6, 6.07) is 10.2. The molecule has 2 amide bonds. The highest BCUT2D eigenvalue weighted by Crippen LogP contribution is 2.45. The van der Waals surface area contributed by atoms with Crippen molar-refractivity contribution >= 4 is 23.2 Å². The van der Waals surface area contributed by atoms with Gasteiger partial charge in [0.1, 0.15) is 5.69 Å². The molecule has 178 valence electrons. The number of hydrogen-bond acceptors (Lipinski definition) is 5. The van der Waals surface area contributed by atoms with Gasteiger partial charge in [0.2, 0.25) is 5.91 Å². The van der Waals surface area contributed by atoms with Crippen LogP contribution in [0, 0.1) is 0 Å². The van der Waals surface area contributed by atoms with Gasteiger partial charge in [0.25, 0.3) is 5.91 Å². The number of methoxy groups -OCH3 is 2. The van der Waals surface area contributed by atoms with Crippen LogP contribution >= 0.6 is 11.3 Å². The van der Waals surface area contributed by atoms with Crippen LogP contribution in [0.25, 0.3) is 21.7 Å². The van der Waals surface area contributed by atoms with E-state index in [4.69, 9.17) is 9.47 Å². The van der Waals surface area contributed by atoms with Crippen LogP contribution in [-0.4, -0.2) is 54.6 Å². The molecule has 0 spiro atoms. The number of nitrogens with one attached hydrogen (secondary N) is 1. The third kappa shape index (κ3) is 3.96. The molecule has 0 bridgehead atoms. The first-order chi connectivity index (χ1) is 16.5. The molecule has 1 aromatic carbocycles. The van der Waals surface area contributed by atoms with Crippen LogP contribution < -0.4 is 14.8 Å². The molecule has 0 saturated carbocycles. The molecule has 1 N–H and O–H groups in total. The Morgan fingerprint density at radius 1 is 1.09 bits per heavy atom. The van der Waals surface area contributed by atoms with Crippen LogP contribution in [0.3, 0.4) is 0 Å². The number of fused-ring (bicyclic) bond motifs is 3. The zero-order valence-corrected chi connectivity index (χ0v) is 20.5. The standard InChI is InChI=1S/C26H29N3O4S/c1-16(30)27-18-6-4-9-28(15-18)26(31)21-13-20(24-7-5-11-34-24)25-19-14-23(33-3)22(32-2)12-17(19)8-10-29(21)25/h5,7,11-14,18H,4,6,8-10,15H2,1-3H3,(H,27,30). The Bertz CT molecular complexity index is 1230. The van der Waals surface area contributed by atoms with E-state index in [-0.39, 0.29) is 17.9 Å². The molecule has 3 aromatic rings. The number of nitrogens with zero attached hydrogens (tertiary/aromatic N) is 2. The number of aromatic nitrogens is 1. The number of benzene rings is 1. The maximum Gasteiger partial charge on any atom is 0.270 e. The first kappa shape index (κ1) is 22.5. The average Bonchev–Trinajstić information content (AvgIpc) is 3.50. The summed E-state index contributed by atoms with van der Waals surface area (Å²) in [6.07, 6.45) is 2.57. The summed E-state index contributed by atoms with van der Waals surface area (Å²) >= 11 is 1.67. The number of carbonyl (C=O) groups excluding carboxylic acids is 2. The molecule has 0 radical (unpaired) electrons. The highest BCUT2D eigenvalue weighted by Gasteiger charge is 2.32. The Hall–Kier alpha value is -3.26. The Morgan fingerprint density at radius 3 is 2.59 bits per heavy atom. The van der Waals surface area contributed by atoms with Gasteiger partial charge >= 0.3 is 0 Å². The predicted octanol–water partition coefficient (Wildman–Crippen LogP) is 4.20. The SMILES string of the molecule is COc1cc2c(cc1OC)-c1c(-c3cccs3)cc(C(=O)N3CCCC(NC(C)=O)C3)n1CC2. The fraction of sp³-hybridized carbons (Fsp3) is 0.385. The van der Waals surface area contributed by atoms with E-state index < -0.39 is 0 Å². The van der Waals surface area contributed by atoms with Crippen LogP contribution in [0.4, 0.5) is 0 Å². The van der Waals surface area contributed by atoms with E-state index in [0.29, 0.717) is 36.8 Å². The van der Waals surface area contributed by atoms with Crippen molar-refractivity contribution in [2.75, 3.05) is 27.3 Å². The summed E-state index contributed by atoms with van der Waals surface area (Å²) < 4.78 is 13.3. The van der Waals surface area contributed by atoms with E-state index in [0.717, 1.165) is 41.0 Å². The number of hydrogen-bond donors (Lipinski definition) is 1. The minimum atomic E-state index is -0.0553. The highest BCUT2D eigenvalue weighted by atomic mass is 32.1. The number of rotatable bonds is 5. The maximum atomic E-state index is 13.8. The van der Waals surface area contributed by atoms with Gasteiger partial charge in [0.05, 0.1) is 19.9 Å². The van der Waals surface area contributed by atoms with Crippen molar-refractivity contribution in [3.63, 3.8) is 0 Å². The zero-order valence-electron chi connectivity index (χ0n) is 19.7. The zero-order chi connectivity index (χ0) is 23.8. The van der Waals surface area contributed by atoms with E-state index in [1.54, 1.807) is 25.6 Å². The van der Waals surface area contributed by atoms with Gasteiger partial charge in [-0.15, -0.1) is 11.3 Å². The monoisotopic (exact) mass is 479 g/mol. The van der Waals surface area contributed by atoms with Gasteiger partial charge in [0.15, 0.2) is 11.5 Å². The Morgan fingerprint density at radius 2 is 1.88 bits per heavy atom. The summed E-state index contributed by atoms with van der Waals surface area (Å²) in [5, 5.41) is 5.04. The summed E-state index contributed by atoms with van der Waals surface area (Å²) in [4.78, 5) is 28.3. The van der Waals surface area contributed by atoms with Gasteiger partial charge in [-0.25, -0.2) is 0 Å². The molecule has 2 aliphatic heterocycles. The van der Waals surface area contributed by atoms with Crippen molar-refractivity contribution in [2.24, 2.45) is 0 Å². The van der Waals surface area contributed by atoms with Crippen molar-refractivity contribution < 1.29 is 19.1 Å². The number of carbonyl (C=O) groups is 2. The average molecular weight is 480 g/mol. The van der Waals surface area contributed by atoms with Crippen LogP contribution in [0.15, 0.2) is 35.7 Å². The maximum absolute atomic E-state index is 13.8. The molecule has 1 fully saturated rings. The lowest BCUT2D eigenvalue weighted by Crippen LogP contribution is -2.49. The Kier molecular flexibility index (Phi) is 6.08. The quantitative estimate of drug-likeness (QED) is 0.595. The number of thiophene rings is 1. The van der Waals surface area contributed by atoms with E-state index in [1.807, 2.05) is 29.2 Å². The Labute approximate surface area is 203 Å². The molecular weight excluding hydrogens is 450 g/mol. The number of amides is 2. The molecule has 1 atom stereocenters. The van der Waals surface area contributed by atoms with Gasteiger partial charge in [-0.1, -0.05) is 6.07 Å². The molecule has 5 rings (SSSR count). The third-order valence-electron chi connectivity index (χ3n) is 6.69. The van der Waals surface area contributed by atoms with Gasteiger partial charge < -0.3 is 24.3 Å². The molecule has 1 saturated heterocycles. The minimum absolute atomic E-state index is 0.000192. The van der Waals surface area contributed by atoms with Crippen molar-refractivity contribution in [1.29, 1.82) is 0 Å². The van der Waals surface area contributed by atoms with E-state index >= 15 is 0 Å². The van der Waals surface area contributed by atoms with Crippen LogP contribution in [0.1, 0.15) is 35.8 Å². The van der Waals surface area contributed by atoms with Crippen LogP contribution in [0.2, 0.25) is 0 Å². The molecular formula is C26H29N3O4S. The van der Waals surface area contributed by atoms with Crippen molar-refractivity contribution in [3.05, 3.63) is 47.0 Å². The van der Waals surface area contributed by atoms with E-state index in [9.17, 15) is 9.59 Å². The molecule has 7 nitrogen and oxygen atoms in total. The normalized spacial score (nSPS) is 17.0. The van der Waals surface area contributed by atoms with Crippen molar-refractivity contribution in [2.45, 2.75) is 38.8 Å². The summed E-state index contributed by atoms with van der Waals surface area (Å²) in [5.74, 6) is 1.35. The predicted molar refractivity (Wildman–Crippen MR) is 133 cm³/mol. The van der Waals surface area contributed by atoms with E-state index in [1.165, 1.54) is 12.5 Å². The lowest BCUT2D eigenvalue weighted by atomic mass is 9.95. The summed E-state index contributed by atoms with van der Waals surface area (Å²) in [6.45, 7) is 3.48. The second-order valence-electron chi connectivity index (χ2n) is 8.83. The molecule has 1 unspecified atom stereocenters. The molecule has 0 aliphatic carbocycles. The van der Waals surface area contributed by atoms with Crippen LogP contribution in [0.5, 0.6) is 11.5 Å². The van der Waals surface area contributed by atoms with E-state index in [2.05, 4.69) is 21.3 Å². The molecule has 34 heavy (non-hydrogen) atoms. The number of ether oxygens (including phenoxy) is 2. The first-order valence-corrected chi connectivity index (χ1v) is 12.5. The topological polar surface area (TPSA) is 72.8 Å². The molecule has 2 aromatic heterocycles. The first-order valence-electron chi connectivity index (χ1n) is 11.6. The number of piperidine rings is 1. The fourth-order valence-corrected chi connectivity index (χ4v) is 5.92. The summed E-state index contributed by atoms with van der Waals surface area (Å²) in [7, 11) is 3.29. The van der Waals surface area contributed by atoms with Gasteiger partial charge in [-0.3, -0.25) is 9.59 Å². The summed E-state index contributed by atoms with van der Waals surface area (Å²) in [5.41, 5.74) is 5.05. The molecule has 4 heterocycles. The Balaban J connectivity index is 1.59. The smallest absolute Gasteiger partial charge is 0.270 e. The fourth-order valence-electron chi connectivity index (χ4n) is 5.18. The molecule has 8 heteroatoms. The van der Waals surface area contributed by atoms with Gasteiger partial charge in [0, 0.05) is 48.6 Å². The lowest BCUT2D eigenvalue weighted by molar-refractivity contribution is -0.120. The van der Waals surface area contributed by atoms with Gasteiger partial charge in [-0.05, 0) is 54.5 Å². The lowest BCUT2D eigenvalue weighted by Gasteiger charge is -2.33. The third-order valence-corrected chi connectivity index (χ3v) is 7.59. The number of aryl methyl sites for hydroxylation is 1. The second-order valence-corrected chi connectivity index (χ2v) is 9.77. The second kappa shape index (κ2) is 9.18. The molecule has 2 aliphatic rings. The minimum Gasteiger partial charge on any atom is -0.493 e. The van der Waals surface area contributed by atoms with Crippen molar-refractivity contribution in [3.8, 4) is 33.2 Å². The van der Waals surface area contributed by atoms with Crippen LogP contribution in [-0.2, 0) is 17.8 Å². The largest absolute Gasteiger partial charge is 0.493 e. The van der Waals surface area contributed by atoms with Crippen molar-refractivity contribution in [1.82, 2.24) is 14.8 Å². The van der Waals surface area contributed by atoms with Gasteiger partial charge in [-0.2, -0.15) is 0 Å². The number of likely N-dealkylation sites (tertiary alicyclic amines) is 1. The highest BCUT2D eigenvalue weighted by molar-refractivity contribution is 7.13.